The first-order valence-corrected chi connectivity index (χ1v) is 8.49. The highest BCUT2D eigenvalue weighted by atomic mass is 16.2. The molecule has 0 bridgehead atoms. The maximum Gasteiger partial charge on any atom is 0.228 e. The summed E-state index contributed by atoms with van der Waals surface area (Å²) in [7, 11) is 0. The van der Waals surface area contributed by atoms with Crippen LogP contribution in [0.15, 0.2) is 30.3 Å². The van der Waals surface area contributed by atoms with Crippen molar-refractivity contribution in [2.45, 2.75) is 59.2 Å². The maximum atomic E-state index is 12.8. The Labute approximate surface area is 139 Å². The van der Waals surface area contributed by atoms with Crippen molar-refractivity contribution in [1.82, 2.24) is 9.80 Å². The van der Waals surface area contributed by atoms with E-state index in [1.807, 2.05) is 74.8 Å². The number of hydrogen-bond donors (Lipinski definition) is 0. The summed E-state index contributed by atoms with van der Waals surface area (Å²) in [6.45, 7) is 10.7. The van der Waals surface area contributed by atoms with Crippen LogP contribution in [-0.2, 0) is 9.59 Å². The van der Waals surface area contributed by atoms with Crippen LogP contribution < -0.4 is 0 Å². The van der Waals surface area contributed by atoms with Crippen molar-refractivity contribution in [3.05, 3.63) is 35.9 Å². The maximum absolute atomic E-state index is 12.8. The van der Waals surface area contributed by atoms with Crippen LogP contribution in [0.2, 0.25) is 0 Å². The second-order valence-corrected chi connectivity index (χ2v) is 6.97. The molecule has 0 spiro atoms. The smallest absolute Gasteiger partial charge is 0.228 e. The minimum atomic E-state index is -0.224. The van der Waals surface area contributed by atoms with Crippen LogP contribution in [0, 0.1) is 5.92 Å². The second-order valence-electron chi connectivity index (χ2n) is 6.97. The van der Waals surface area contributed by atoms with E-state index in [1.165, 1.54) is 0 Å². The molecule has 1 saturated heterocycles. The fraction of sp³-hybridized carbons (Fsp3) is 0.579. The largest absolute Gasteiger partial charge is 0.338 e. The Morgan fingerprint density at radius 1 is 1.09 bits per heavy atom. The summed E-state index contributed by atoms with van der Waals surface area (Å²) in [5.41, 5.74) is 1.11. The molecule has 23 heavy (non-hydrogen) atoms. The van der Waals surface area contributed by atoms with Gasteiger partial charge in [0.05, 0.1) is 12.0 Å². The number of hydrogen-bond acceptors (Lipinski definition) is 2. The monoisotopic (exact) mass is 316 g/mol. The molecule has 0 radical (unpaired) electrons. The first-order valence-electron chi connectivity index (χ1n) is 8.49. The molecule has 2 atom stereocenters. The van der Waals surface area contributed by atoms with E-state index in [0.717, 1.165) is 5.56 Å². The van der Waals surface area contributed by atoms with Crippen molar-refractivity contribution in [2.24, 2.45) is 5.92 Å². The molecular weight excluding hydrogens is 288 g/mol. The summed E-state index contributed by atoms with van der Waals surface area (Å²) in [5.74, 6) is -0.0447. The summed E-state index contributed by atoms with van der Waals surface area (Å²) in [5, 5.41) is 0. The lowest BCUT2D eigenvalue weighted by Gasteiger charge is -2.33. The van der Waals surface area contributed by atoms with Crippen LogP contribution in [0.3, 0.4) is 0 Å². The molecule has 4 nitrogen and oxygen atoms in total. The van der Waals surface area contributed by atoms with Crippen molar-refractivity contribution in [1.29, 1.82) is 0 Å². The van der Waals surface area contributed by atoms with E-state index in [0.29, 0.717) is 13.0 Å². The summed E-state index contributed by atoms with van der Waals surface area (Å²) >= 11 is 0. The molecule has 126 valence electrons. The topological polar surface area (TPSA) is 40.6 Å². The Morgan fingerprint density at radius 2 is 1.65 bits per heavy atom. The van der Waals surface area contributed by atoms with Crippen molar-refractivity contribution >= 4 is 11.8 Å². The summed E-state index contributed by atoms with van der Waals surface area (Å²) < 4.78 is 0. The number of likely N-dealkylation sites (tertiary alicyclic amines) is 1. The van der Waals surface area contributed by atoms with Crippen molar-refractivity contribution in [3.8, 4) is 0 Å². The van der Waals surface area contributed by atoms with Gasteiger partial charge in [0.15, 0.2) is 0 Å². The van der Waals surface area contributed by atoms with Gasteiger partial charge in [-0.05, 0) is 40.2 Å². The van der Waals surface area contributed by atoms with Crippen molar-refractivity contribution in [2.75, 3.05) is 6.54 Å². The van der Waals surface area contributed by atoms with Crippen molar-refractivity contribution < 1.29 is 9.59 Å². The highest BCUT2D eigenvalue weighted by Gasteiger charge is 2.39. The highest BCUT2D eigenvalue weighted by Crippen LogP contribution is 2.30. The molecule has 1 aromatic carbocycles. The van der Waals surface area contributed by atoms with Crippen LogP contribution in [0.1, 0.15) is 52.6 Å². The molecule has 1 heterocycles. The van der Waals surface area contributed by atoms with Gasteiger partial charge in [0.1, 0.15) is 0 Å². The Hall–Kier alpha value is -1.84. The molecule has 0 aliphatic carbocycles. The Kier molecular flexibility index (Phi) is 5.45. The molecule has 1 aromatic rings. The number of amides is 2. The van der Waals surface area contributed by atoms with Crippen LogP contribution >= 0.6 is 0 Å². The molecular formula is C19H28N2O2. The van der Waals surface area contributed by atoms with Gasteiger partial charge in [0.2, 0.25) is 11.8 Å². The van der Waals surface area contributed by atoms with Crippen LogP contribution in [0.5, 0.6) is 0 Å². The fourth-order valence-corrected chi connectivity index (χ4v) is 3.50. The minimum absolute atomic E-state index is 0.00745. The van der Waals surface area contributed by atoms with Gasteiger partial charge in [-0.1, -0.05) is 30.3 Å². The molecule has 0 saturated carbocycles. The first kappa shape index (κ1) is 17.5. The molecule has 2 amide bonds. The van der Waals surface area contributed by atoms with E-state index >= 15 is 0 Å². The zero-order valence-electron chi connectivity index (χ0n) is 14.8. The predicted molar refractivity (Wildman–Crippen MR) is 91.8 cm³/mol. The molecule has 4 heteroatoms. The van der Waals surface area contributed by atoms with Gasteiger partial charge in [0.25, 0.3) is 0 Å². The van der Waals surface area contributed by atoms with Gasteiger partial charge >= 0.3 is 0 Å². The third kappa shape index (κ3) is 3.74. The molecule has 1 aliphatic heterocycles. The van der Waals surface area contributed by atoms with Gasteiger partial charge in [-0.2, -0.15) is 0 Å². The number of carbonyl (C=O) groups excluding carboxylic acids is 2. The SMILES string of the molecule is CC(c1ccccc1)N1CC(C(=O)N(C(C)C)C(C)C)CC1=O. The average molecular weight is 316 g/mol. The molecule has 1 aliphatic rings. The Bertz CT molecular complexity index is 546. The lowest BCUT2D eigenvalue weighted by molar-refractivity contribution is -0.139. The van der Waals surface area contributed by atoms with E-state index < -0.39 is 0 Å². The van der Waals surface area contributed by atoms with Crippen LogP contribution in [0.4, 0.5) is 0 Å². The number of nitrogens with zero attached hydrogens (tertiary/aromatic N) is 2. The van der Waals surface area contributed by atoms with E-state index in [2.05, 4.69) is 0 Å². The normalized spacial score (nSPS) is 19.5. The predicted octanol–water partition coefficient (Wildman–Crippen LogP) is 3.24. The number of rotatable bonds is 5. The third-order valence-corrected chi connectivity index (χ3v) is 4.62. The van der Waals surface area contributed by atoms with Crippen LogP contribution in [0.25, 0.3) is 0 Å². The molecule has 1 fully saturated rings. The second kappa shape index (κ2) is 7.16. The van der Waals surface area contributed by atoms with Crippen LogP contribution in [-0.4, -0.2) is 40.2 Å². The molecule has 2 rings (SSSR count). The fourth-order valence-electron chi connectivity index (χ4n) is 3.50. The van der Waals surface area contributed by atoms with Gasteiger partial charge in [-0.25, -0.2) is 0 Å². The summed E-state index contributed by atoms with van der Waals surface area (Å²) in [6.07, 6.45) is 0.325. The third-order valence-electron chi connectivity index (χ3n) is 4.62. The summed E-state index contributed by atoms with van der Waals surface area (Å²) in [4.78, 5) is 29.0. The standard InChI is InChI=1S/C19H28N2O2/c1-13(2)21(14(3)4)19(23)17-11-18(22)20(12-17)15(5)16-9-7-6-8-10-16/h6-10,13-15,17H,11-12H2,1-5H3. The minimum Gasteiger partial charge on any atom is -0.338 e. The molecule has 0 aromatic heterocycles. The zero-order valence-corrected chi connectivity index (χ0v) is 14.8. The lowest BCUT2D eigenvalue weighted by atomic mass is 10.0. The van der Waals surface area contributed by atoms with Gasteiger partial charge < -0.3 is 9.80 Å². The Balaban J connectivity index is 2.12. The van der Waals surface area contributed by atoms with E-state index in [4.69, 9.17) is 0 Å². The van der Waals surface area contributed by atoms with E-state index in [9.17, 15) is 9.59 Å². The van der Waals surface area contributed by atoms with E-state index in [-0.39, 0.29) is 35.9 Å². The van der Waals surface area contributed by atoms with E-state index in [1.54, 1.807) is 0 Å². The highest BCUT2D eigenvalue weighted by molar-refractivity contribution is 5.89. The molecule has 0 N–H and O–H groups in total. The van der Waals surface area contributed by atoms with Gasteiger partial charge in [-0.3, -0.25) is 9.59 Å². The summed E-state index contributed by atoms with van der Waals surface area (Å²) in [6, 6.07) is 10.3. The van der Waals surface area contributed by atoms with Crippen molar-refractivity contribution in [3.63, 3.8) is 0 Å². The zero-order chi connectivity index (χ0) is 17.1. The van der Waals surface area contributed by atoms with Gasteiger partial charge in [-0.15, -0.1) is 0 Å². The quantitative estimate of drug-likeness (QED) is 0.836. The first-order chi connectivity index (χ1) is 10.8. The average Bonchev–Trinajstić information content (AvgIpc) is 2.88. The van der Waals surface area contributed by atoms with Gasteiger partial charge in [0, 0.05) is 25.0 Å². The lowest BCUT2D eigenvalue weighted by Crippen LogP contribution is -2.45. The number of carbonyl (C=O) groups is 2. The Morgan fingerprint density at radius 3 is 2.17 bits per heavy atom. The molecule has 2 unspecified atom stereocenters. The number of benzene rings is 1.